The molecule has 0 N–H and O–H groups in total. The molecular formula is C22H25ClO4. The molecule has 0 aliphatic rings. The van der Waals surface area contributed by atoms with Gasteiger partial charge >= 0.3 is 5.97 Å². The van der Waals surface area contributed by atoms with Gasteiger partial charge in [0.25, 0.3) is 5.24 Å². The van der Waals surface area contributed by atoms with Crippen molar-refractivity contribution in [3.05, 3.63) is 59.7 Å². The molecule has 27 heavy (non-hydrogen) atoms. The molecule has 0 aliphatic heterocycles. The Morgan fingerprint density at radius 2 is 1.59 bits per heavy atom. The monoisotopic (exact) mass is 388 g/mol. The van der Waals surface area contributed by atoms with Crippen LogP contribution in [0.1, 0.15) is 66.2 Å². The Morgan fingerprint density at radius 3 is 2.30 bits per heavy atom. The third kappa shape index (κ3) is 6.72. The van der Waals surface area contributed by atoms with Crippen molar-refractivity contribution in [2.45, 2.75) is 45.4 Å². The first-order valence-electron chi connectivity index (χ1n) is 9.36. The lowest BCUT2D eigenvalue weighted by molar-refractivity contribution is 0.0726. The van der Waals surface area contributed by atoms with Crippen LogP contribution >= 0.6 is 11.6 Å². The number of rotatable bonds is 11. The summed E-state index contributed by atoms with van der Waals surface area (Å²) in [7, 11) is 0. The minimum absolute atomic E-state index is 0.0670. The maximum absolute atomic E-state index is 12.4. The van der Waals surface area contributed by atoms with Gasteiger partial charge in [-0.05, 0) is 42.3 Å². The largest absolute Gasteiger partial charge is 0.490 e. The molecule has 0 amide bonds. The van der Waals surface area contributed by atoms with Crippen LogP contribution in [0.4, 0.5) is 0 Å². The minimum atomic E-state index is -0.698. The number of carbonyl (C=O) groups is 2. The minimum Gasteiger partial charge on any atom is -0.490 e. The highest BCUT2D eigenvalue weighted by molar-refractivity contribution is 6.68. The Bertz CT molecular complexity index is 743. The van der Waals surface area contributed by atoms with Crippen LogP contribution in [0.15, 0.2) is 48.5 Å². The van der Waals surface area contributed by atoms with Crippen molar-refractivity contribution in [2.75, 3.05) is 6.61 Å². The molecule has 0 bridgehead atoms. The third-order valence-corrected chi connectivity index (χ3v) is 4.35. The average Bonchev–Trinajstić information content (AvgIpc) is 2.68. The average molecular weight is 389 g/mol. The van der Waals surface area contributed by atoms with Crippen LogP contribution in [0.3, 0.4) is 0 Å². The molecule has 0 unspecified atom stereocenters. The third-order valence-electron chi connectivity index (χ3n) is 4.15. The van der Waals surface area contributed by atoms with Crippen molar-refractivity contribution in [1.82, 2.24) is 0 Å². The molecule has 4 nitrogen and oxygen atoms in total. The summed E-state index contributed by atoms with van der Waals surface area (Å²) in [5, 5.41) is -0.698. The maximum atomic E-state index is 12.4. The molecule has 0 radical (unpaired) electrons. The first kappa shape index (κ1) is 21.0. The molecule has 0 aliphatic carbocycles. The zero-order chi connectivity index (χ0) is 19.5. The van der Waals surface area contributed by atoms with Crippen LogP contribution in [0.2, 0.25) is 0 Å². The van der Waals surface area contributed by atoms with E-state index in [2.05, 4.69) is 6.92 Å². The van der Waals surface area contributed by atoms with Gasteiger partial charge in [0, 0.05) is 0 Å². The smallest absolute Gasteiger partial charge is 0.343 e. The topological polar surface area (TPSA) is 52.6 Å². The first-order chi connectivity index (χ1) is 13.1. The molecule has 0 saturated heterocycles. The molecule has 0 fully saturated rings. The molecule has 5 heteroatoms. The van der Waals surface area contributed by atoms with E-state index in [9.17, 15) is 9.59 Å². The predicted octanol–water partition coefficient (Wildman–Crippen LogP) is 6.02. The molecule has 2 aromatic carbocycles. The Kier molecular flexibility index (Phi) is 8.85. The van der Waals surface area contributed by atoms with E-state index in [1.807, 2.05) is 6.07 Å². The summed E-state index contributed by atoms with van der Waals surface area (Å²) in [6, 6.07) is 13.4. The summed E-state index contributed by atoms with van der Waals surface area (Å²) in [6.07, 6.45) is 6.84. The lowest BCUT2D eigenvalue weighted by Gasteiger charge is -2.14. The normalized spacial score (nSPS) is 10.4. The highest BCUT2D eigenvalue weighted by atomic mass is 35.5. The first-order valence-corrected chi connectivity index (χ1v) is 9.74. The van der Waals surface area contributed by atoms with Gasteiger partial charge in [-0.1, -0.05) is 63.3 Å². The van der Waals surface area contributed by atoms with Gasteiger partial charge < -0.3 is 9.47 Å². The van der Waals surface area contributed by atoms with Crippen LogP contribution in [0.25, 0.3) is 0 Å². The predicted molar refractivity (Wildman–Crippen MR) is 107 cm³/mol. The second kappa shape index (κ2) is 11.4. The van der Waals surface area contributed by atoms with Crippen molar-refractivity contribution in [1.29, 1.82) is 0 Å². The van der Waals surface area contributed by atoms with Crippen molar-refractivity contribution >= 4 is 22.8 Å². The standard InChI is InChI=1S/C22H25ClO4/c1-2-3-4-5-6-10-16-26-19-15-11-14-18(21(23)24)20(19)27-22(25)17-12-8-7-9-13-17/h7-9,11-15H,2-6,10,16H2,1H3. The number of ether oxygens (including phenoxy) is 2. The Balaban J connectivity index is 2.05. The number of unbranched alkanes of at least 4 members (excludes halogenated alkanes) is 5. The SMILES string of the molecule is CCCCCCCCOc1cccc(C(=O)Cl)c1OC(=O)c1ccccc1. The second-order valence-electron chi connectivity index (χ2n) is 6.28. The molecule has 0 atom stereocenters. The Morgan fingerprint density at radius 1 is 0.889 bits per heavy atom. The lowest BCUT2D eigenvalue weighted by atomic mass is 10.1. The summed E-state index contributed by atoms with van der Waals surface area (Å²) in [5.74, 6) is -0.151. The number of carbonyl (C=O) groups excluding carboxylic acids is 2. The maximum Gasteiger partial charge on any atom is 0.343 e. The number of halogens is 1. The van der Waals surface area contributed by atoms with Crippen LogP contribution in [0, 0.1) is 0 Å². The van der Waals surface area contributed by atoms with Gasteiger partial charge in [-0.2, -0.15) is 0 Å². The van der Waals surface area contributed by atoms with Crippen molar-refractivity contribution in [3.63, 3.8) is 0 Å². The van der Waals surface area contributed by atoms with E-state index in [4.69, 9.17) is 21.1 Å². The van der Waals surface area contributed by atoms with Crippen LogP contribution in [-0.2, 0) is 0 Å². The zero-order valence-corrected chi connectivity index (χ0v) is 16.3. The number of para-hydroxylation sites is 1. The summed E-state index contributed by atoms with van der Waals surface area (Å²) in [5.41, 5.74) is 0.498. The summed E-state index contributed by atoms with van der Waals surface area (Å²) in [4.78, 5) is 24.1. The van der Waals surface area contributed by atoms with E-state index in [-0.39, 0.29) is 11.3 Å². The lowest BCUT2D eigenvalue weighted by Crippen LogP contribution is -2.12. The molecular weight excluding hydrogens is 364 g/mol. The van der Waals surface area contributed by atoms with E-state index in [1.165, 1.54) is 31.7 Å². The van der Waals surface area contributed by atoms with Crippen LogP contribution in [-0.4, -0.2) is 17.8 Å². The number of hydrogen-bond acceptors (Lipinski definition) is 4. The summed E-state index contributed by atoms with van der Waals surface area (Å²) >= 11 is 5.66. The van der Waals surface area contributed by atoms with E-state index in [0.717, 1.165) is 12.8 Å². The van der Waals surface area contributed by atoms with Gasteiger partial charge in [0.2, 0.25) is 0 Å². The molecule has 2 rings (SSSR count). The molecule has 144 valence electrons. The van der Waals surface area contributed by atoms with Gasteiger partial charge in [0.1, 0.15) is 0 Å². The highest BCUT2D eigenvalue weighted by Crippen LogP contribution is 2.33. The van der Waals surface area contributed by atoms with Crippen LogP contribution in [0.5, 0.6) is 11.5 Å². The molecule has 0 saturated carbocycles. The molecule has 0 aromatic heterocycles. The van der Waals surface area contributed by atoms with Gasteiger partial charge in [0.15, 0.2) is 11.5 Å². The fourth-order valence-corrected chi connectivity index (χ4v) is 2.83. The second-order valence-corrected chi connectivity index (χ2v) is 6.62. The molecule has 2 aromatic rings. The summed E-state index contributed by atoms with van der Waals surface area (Å²) in [6.45, 7) is 2.68. The molecule has 0 heterocycles. The zero-order valence-electron chi connectivity index (χ0n) is 15.6. The van der Waals surface area contributed by atoms with Gasteiger partial charge in [-0.25, -0.2) is 4.79 Å². The van der Waals surface area contributed by atoms with E-state index < -0.39 is 11.2 Å². The van der Waals surface area contributed by atoms with E-state index in [1.54, 1.807) is 36.4 Å². The van der Waals surface area contributed by atoms with Gasteiger partial charge in [-0.15, -0.1) is 0 Å². The highest BCUT2D eigenvalue weighted by Gasteiger charge is 2.20. The number of esters is 1. The van der Waals surface area contributed by atoms with Crippen LogP contribution < -0.4 is 9.47 Å². The number of hydrogen-bond donors (Lipinski definition) is 0. The summed E-state index contributed by atoms with van der Waals surface area (Å²) < 4.78 is 11.2. The van der Waals surface area contributed by atoms with E-state index in [0.29, 0.717) is 17.9 Å². The van der Waals surface area contributed by atoms with E-state index >= 15 is 0 Å². The van der Waals surface area contributed by atoms with Crippen molar-refractivity contribution in [2.24, 2.45) is 0 Å². The van der Waals surface area contributed by atoms with Crippen molar-refractivity contribution in [3.8, 4) is 11.5 Å². The van der Waals surface area contributed by atoms with Gasteiger partial charge in [-0.3, -0.25) is 4.79 Å². The van der Waals surface area contributed by atoms with Crippen molar-refractivity contribution < 1.29 is 19.1 Å². The Hall–Kier alpha value is -2.33. The quantitative estimate of drug-likeness (QED) is 0.204. The molecule has 0 spiro atoms. The fraction of sp³-hybridized carbons (Fsp3) is 0.364. The fourth-order valence-electron chi connectivity index (χ4n) is 2.68. The Labute approximate surface area is 165 Å². The van der Waals surface area contributed by atoms with Gasteiger partial charge in [0.05, 0.1) is 17.7 Å². The number of benzene rings is 2.